The fraction of sp³-hybridized carbons (Fsp3) is 0.333. The summed E-state index contributed by atoms with van der Waals surface area (Å²) in [5.74, 6) is -1.13. The highest BCUT2D eigenvalue weighted by Gasteiger charge is 2.31. The molecule has 2 aromatic rings. The van der Waals surface area contributed by atoms with Crippen molar-refractivity contribution in [2.45, 2.75) is 46.6 Å². The SMILES string of the molecule is CCCN1c2cc(C)c(/C=N\NC(=O)c3ccccc3F)cc2C(C)=CC1(C)C. The maximum absolute atomic E-state index is 13.7. The van der Waals surface area contributed by atoms with Crippen molar-refractivity contribution in [2.24, 2.45) is 5.10 Å². The third-order valence-electron chi connectivity index (χ3n) is 5.30. The number of nitrogens with one attached hydrogen (secondary N) is 1. The summed E-state index contributed by atoms with van der Waals surface area (Å²) < 4.78 is 13.7. The van der Waals surface area contributed by atoms with Gasteiger partial charge in [0.2, 0.25) is 0 Å². The van der Waals surface area contributed by atoms with Crippen LogP contribution in [0.3, 0.4) is 0 Å². The second-order valence-electron chi connectivity index (χ2n) is 8.04. The summed E-state index contributed by atoms with van der Waals surface area (Å²) in [5.41, 5.74) is 7.96. The van der Waals surface area contributed by atoms with Gasteiger partial charge in [-0.3, -0.25) is 4.79 Å². The summed E-state index contributed by atoms with van der Waals surface area (Å²) >= 11 is 0. The van der Waals surface area contributed by atoms with E-state index in [0.717, 1.165) is 24.1 Å². The molecule has 0 aliphatic carbocycles. The fourth-order valence-corrected chi connectivity index (χ4v) is 3.88. The maximum atomic E-state index is 13.7. The minimum atomic E-state index is -0.568. The van der Waals surface area contributed by atoms with Crippen molar-refractivity contribution >= 4 is 23.4 Å². The van der Waals surface area contributed by atoms with E-state index < -0.39 is 11.7 Å². The average molecular weight is 394 g/mol. The monoisotopic (exact) mass is 393 g/mol. The Balaban J connectivity index is 1.87. The zero-order valence-corrected chi connectivity index (χ0v) is 17.7. The van der Waals surface area contributed by atoms with E-state index in [0.29, 0.717) is 0 Å². The lowest BCUT2D eigenvalue weighted by Gasteiger charge is -2.43. The van der Waals surface area contributed by atoms with E-state index in [4.69, 9.17) is 0 Å². The van der Waals surface area contributed by atoms with E-state index in [1.165, 1.54) is 29.0 Å². The molecule has 5 heteroatoms. The number of anilines is 1. The van der Waals surface area contributed by atoms with Crippen molar-refractivity contribution in [1.29, 1.82) is 0 Å². The van der Waals surface area contributed by atoms with E-state index in [-0.39, 0.29) is 11.1 Å². The number of hydrogen-bond donors (Lipinski definition) is 1. The lowest BCUT2D eigenvalue weighted by Crippen LogP contribution is -2.45. The van der Waals surface area contributed by atoms with E-state index in [1.807, 2.05) is 6.92 Å². The minimum Gasteiger partial charge on any atom is -0.362 e. The van der Waals surface area contributed by atoms with Gasteiger partial charge in [0.05, 0.1) is 17.3 Å². The molecule has 1 N–H and O–H groups in total. The van der Waals surface area contributed by atoms with Crippen LogP contribution in [0.1, 0.15) is 61.2 Å². The molecule has 0 saturated heterocycles. The number of allylic oxidation sites excluding steroid dienone is 1. The normalized spacial score (nSPS) is 15.2. The zero-order chi connectivity index (χ0) is 21.2. The Morgan fingerprint density at radius 3 is 2.66 bits per heavy atom. The predicted molar refractivity (Wildman–Crippen MR) is 118 cm³/mol. The molecule has 29 heavy (non-hydrogen) atoms. The highest BCUT2D eigenvalue weighted by Crippen LogP contribution is 2.40. The maximum Gasteiger partial charge on any atom is 0.274 e. The summed E-state index contributed by atoms with van der Waals surface area (Å²) in [4.78, 5) is 14.6. The van der Waals surface area contributed by atoms with Crippen LogP contribution in [0.5, 0.6) is 0 Å². The van der Waals surface area contributed by atoms with E-state index in [2.05, 4.69) is 61.3 Å². The third kappa shape index (κ3) is 4.24. The fourth-order valence-electron chi connectivity index (χ4n) is 3.88. The molecular formula is C24H28FN3O. The van der Waals surface area contributed by atoms with Crippen LogP contribution in [0.4, 0.5) is 10.1 Å². The topological polar surface area (TPSA) is 44.7 Å². The number of hydrogen-bond acceptors (Lipinski definition) is 3. The second kappa shape index (κ2) is 8.19. The lowest BCUT2D eigenvalue weighted by atomic mass is 9.87. The summed E-state index contributed by atoms with van der Waals surface area (Å²) in [6.07, 6.45) is 4.98. The number of benzene rings is 2. The van der Waals surface area contributed by atoms with E-state index in [1.54, 1.807) is 18.3 Å². The first-order chi connectivity index (χ1) is 13.7. The number of amides is 1. The third-order valence-corrected chi connectivity index (χ3v) is 5.30. The Labute approximate surface area is 172 Å². The van der Waals surface area contributed by atoms with Gasteiger partial charge in [0, 0.05) is 17.8 Å². The van der Waals surface area contributed by atoms with Crippen LogP contribution < -0.4 is 10.3 Å². The van der Waals surface area contributed by atoms with Gasteiger partial charge in [-0.1, -0.05) is 25.1 Å². The Bertz CT molecular complexity index is 992. The van der Waals surface area contributed by atoms with Crippen LogP contribution in [-0.4, -0.2) is 24.2 Å². The minimum absolute atomic E-state index is 0.0250. The summed E-state index contributed by atoms with van der Waals surface area (Å²) in [6.45, 7) is 11.8. The van der Waals surface area contributed by atoms with Crippen molar-refractivity contribution in [1.82, 2.24) is 5.43 Å². The van der Waals surface area contributed by atoms with E-state index in [9.17, 15) is 9.18 Å². The molecule has 0 aromatic heterocycles. The molecule has 152 valence electrons. The molecule has 3 rings (SSSR count). The lowest BCUT2D eigenvalue weighted by molar-refractivity contribution is 0.0951. The Morgan fingerprint density at radius 2 is 1.97 bits per heavy atom. The largest absolute Gasteiger partial charge is 0.362 e. The van der Waals surface area contributed by atoms with Gasteiger partial charge in [-0.2, -0.15) is 5.10 Å². The number of halogens is 1. The number of carbonyl (C=O) groups is 1. The highest BCUT2D eigenvalue weighted by molar-refractivity contribution is 5.95. The van der Waals surface area contributed by atoms with Crippen LogP contribution in [0, 0.1) is 12.7 Å². The quantitative estimate of drug-likeness (QED) is 0.553. The summed E-state index contributed by atoms with van der Waals surface area (Å²) in [5, 5.41) is 4.05. The summed E-state index contributed by atoms with van der Waals surface area (Å²) in [7, 11) is 0. The Kier molecular flexibility index (Phi) is 5.87. The van der Waals surface area contributed by atoms with Crippen molar-refractivity contribution in [3.63, 3.8) is 0 Å². The highest BCUT2D eigenvalue weighted by atomic mass is 19.1. The number of aryl methyl sites for hydroxylation is 1. The van der Waals surface area contributed by atoms with Crippen LogP contribution in [0.2, 0.25) is 0 Å². The van der Waals surface area contributed by atoms with Crippen LogP contribution >= 0.6 is 0 Å². The molecule has 4 nitrogen and oxygen atoms in total. The van der Waals surface area contributed by atoms with Crippen LogP contribution in [0.15, 0.2) is 47.6 Å². The molecule has 2 aromatic carbocycles. The molecule has 0 unspecified atom stereocenters. The van der Waals surface area contributed by atoms with Crippen LogP contribution in [0.25, 0.3) is 5.57 Å². The van der Waals surface area contributed by atoms with Crippen molar-refractivity contribution < 1.29 is 9.18 Å². The molecule has 0 spiro atoms. The Morgan fingerprint density at radius 1 is 1.24 bits per heavy atom. The smallest absolute Gasteiger partial charge is 0.274 e. The van der Waals surface area contributed by atoms with Crippen molar-refractivity contribution in [3.8, 4) is 0 Å². The Hall–Kier alpha value is -2.95. The van der Waals surface area contributed by atoms with Gasteiger partial charge in [-0.25, -0.2) is 9.82 Å². The second-order valence-corrected chi connectivity index (χ2v) is 8.04. The molecule has 1 aliphatic heterocycles. The van der Waals surface area contributed by atoms with Gasteiger partial charge < -0.3 is 4.90 Å². The van der Waals surface area contributed by atoms with Crippen LogP contribution in [-0.2, 0) is 0 Å². The molecule has 1 amide bonds. The molecule has 0 fully saturated rings. The van der Waals surface area contributed by atoms with Gasteiger partial charge >= 0.3 is 0 Å². The molecule has 1 heterocycles. The predicted octanol–water partition coefficient (Wildman–Crippen LogP) is 5.31. The molecule has 0 saturated carbocycles. The van der Waals surface area contributed by atoms with Gasteiger partial charge in [-0.05, 0) is 75.1 Å². The molecule has 0 atom stereocenters. The number of nitrogens with zero attached hydrogens (tertiary/aromatic N) is 2. The first-order valence-corrected chi connectivity index (χ1v) is 9.94. The van der Waals surface area contributed by atoms with Gasteiger partial charge in [0.1, 0.15) is 5.82 Å². The number of fused-ring (bicyclic) bond motifs is 1. The van der Waals surface area contributed by atoms with Crippen molar-refractivity contribution in [3.05, 3.63) is 70.5 Å². The summed E-state index contributed by atoms with van der Waals surface area (Å²) in [6, 6.07) is 10.1. The van der Waals surface area contributed by atoms with Gasteiger partial charge in [0.25, 0.3) is 5.91 Å². The number of carbonyl (C=O) groups excluding carboxylic acids is 1. The average Bonchev–Trinajstić information content (AvgIpc) is 2.66. The van der Waals surface area contributed by atoms with E-state index >= 15 is 0 Å². The standard InChI is InChI=1S/C24H28FN3O/c1-6-11-28-22-12-16(2)18(13-20(22)17(3)14-24(28,4)5)15-26-27-23(29)19-9-7-8-10-21(19)25/h7-10,12-15H,6,11H2,1-5H3,(H,27,29)/b26-15-. The molecule has 0 radical (unpaired) electrons. The first kappa shape index (κ1) is 20.8. The van der Waals surface area contributed by atoms with Gasteiger partial charge in [-0.15, -0.1) is 0 Å². The van der Waals surface area contributed by atoms with Crippen molar-refractivity contribution in [2.75, 3.05) is 11.4 Å². The molecule has 0 bridgehead atoms. The number of hydrazone groups is 1. The number of rotatable bonds is 5. The first-order valence-electron chi connectivity index (χ1n) is 9.94. The molecule has 1 aliphatic rings. The molecular weight excluding hydrogens is 365 g/mol. The zero-order valence-electron chi connectivity index (χ0n) is 17.7. The van der Waals surface area contributed by atoms with Gasteiger partial charge in [0.15, 0.2) is 0 Å².